The van der Waals surface area contributed by atoms with Gasteiger partial charge in [-0.1, -0.05) is 12.1 Å². The summed E-state index contributed by atoms with van der Waals surface area (Å²) in [6.07, 6.45) is 2.74. The monoisotopic (exact) mass is 383 g/mol. The van der Waals surface area contributed by atoms with E-state index in [0.717, 1.165) is 49.7 Å². The van der Waals surface area contributed by atoms with Gasteiger partial charge in [0.05, 0.1) is 6.42 Å². The number of hydrogen-bond donors (Lipinski definition) is 2. The van der Waals surface area contributed by atoms with E-state index in [4.69, 9.17) is 4.74 Å². The molecule has 0 spiro atoms. The van der Waals surface area contributed by atoms with E-state index in [1.165, 1.54) is 12.8 Å². The van der Waals surface area contributed by atoms with Crippen molar-refractivity contribution >= 4 is 11.7 Å². The highest BCUT2D eigenvalue weighted by molar-refractivity contribution is 5.91. The molecule has 1 saturated heterocycles. The third-order valence-electron chi connectivity index (χ3n) is 5.44. The number of anilines is 1. The van der Waals surface area contributed by atoms with Crippen molar-refractivity contribution in [3.8, 4) is 5.75 Å². The van der Waals surface area contributed by atoms with Crippen molar-refractivity contribution in [2.45, 2.75) is 25.2 Å². The molecule has 1 aromatic heterocycles. The number of rotatable bonds is 8. The highest BCUT2D eigenvalue weighted by atomic mass is 16.5. The fraction of sp³-hybridized carbons (Fsp3) is 0.524. The maximum atomic E-state index is 12.2. The Morgan fingerprint density at radius 3 is 2.68 bits per heavy atom. The summed E-state index contributed by atoms with van der Waals surface area (Å²) < 4.78 is 5.85. The average Bonchev–Trinajstić information content (AvgIpc) is 3.44. The van der Waals surface area contributed by atoms with Crippen molar-refractivity contribution < 1.29 is 9.53 Å². The molecule has 2 N–H and O–H groups in total. The summed E-state index contributed by atoms with van der Waals surface area (Å²) in [6.45, 7) is 6.09. The first-order valence-corrected chi connectivity index (χ1v) is 10.1. The molecule has 1 amide bonds. The zero-order chi connectivity index (χ0) is 19.3. The van der Waals surface area contributed by atoms with Crippen molar-refractivity contribution in [2.75, 3.05) is 51.7 Å². The molecule has 150 valence electrons. The lowest BCUT2D eigenvalue weighted by Crippen LogP contribution is -2.45. The van der Waals surface area contributed by atoms with E-state index in [1.807, 2.05) is 30.3 Å². The summed E-state index contributed by atoms with van der Waals surface area (Å²) in [5, 5.41) is 10.0. The summed E-state index contributed by atoms with van der Waals surface area (Å²) in [7, 11) is 2.16. The Hall–Kier alpha value is -2.38. The Labute approximate surface area is 166 Å². The number of likely N-dealkylation sites (N-methyl/N-ethyl adjacent to an activating group) is 1. The first-order chi connectivity index (χ1) is 13.7. The minimum absolute atomic E-state index is 0.0578. The van der Waals surface area contributed by atoms with Gasteiger partial charge < -0.3 is 15.0 Å². The van der Waals surface area contributed by atoms with Crippen LogP contribution in [0.15, 0.2) is 30.3 Å². The van der Waals surface area contributed by atoms with Crippen LogP contribution in [0.3, 0.4) is 0 Å². The standard InChI is InChI=1S/C21H29N5O2/c1-25-8-10-26(11-9-25)12-13-28-18-6-2-16(3-7-18)14-21(27)22-20-15-19(23-24-20)17-4-5-17/h2-3,6-7,15,17H,4-5,8-14H2,1H3,(H2,22,23,24,27). The van der Waals surface area contributed by atoms with E-state index in [2.05, 4.69) is 32.4 Å². The predicted octanol–water partition coefficient (Wildman–Crippen LogP) is 2.09. The van der Waals surface area contributed by atoms with Gasteiger partial charge in [-0.3, -0.25) is 14.8 Å². The van der Waals surface area contributed by atoms with Gasteiger partial charge in [0.1, 0.15) is 12.4 Å². The second kappa shape index (κ2) is 8.75. The van der Waals surface area contributed by atoms with E-state index in [-0.39, 0.29) is 5.91 Å². The minimum Gasteiger partial charge on any atom is -0.492 e. The maximum absolute atomic E-state index is 12.2. The number of benzene rings is 1. The molecule has 7 nitrogen and oxygen atoms in total. The van der Waals surface area contributed by atoms with Gasteiger partial charge in [-0.2, -0.15) is 5.10 Å². The van der Waals surface area contributed by atoms with Crippen LogP contribution < -0.4 is 10.1 Å². The van der Waals surface area contributed by atoms with Gasteiger partial charge in [-0.05, 0) is 37.6 Å². The SMILES string of the molecule is CN1CCN(CCOc2ccc(CC(=O)Nc3cc(C4CC4)[nH]n3)cc2)CC1. The largest absolute Gasteiger partial charge is 0.492 e. The van der Waals surface area contributed by atoms with Gasteiger partial charge in [-0.25, -0.2) is 0 Å². The molecule has 2 heterocycles. The average molecular weight is 383 g/mol. The molecular weight excluding hydrogens is 354 g/mol. The minimum atomic E-state index is -0.0578. The second-order valence-electron chi connectivity index (χ2n) is 7.85. The van der Waals surface area contributed by atoms with Crippen LogP contribution >= 0.6 is 0 Å². The molecule has 0 bridgehead atoms. The molecule has 0 atom stereocenters. The van der Waals surface area contributed by atoms with Crippen LogP contribution in [0.2, 0.25) is 0 Å². The second-order valence-corrected chi connectivity index (χ2v) is 7.85. The molecule has 2 aliphatic rings. The van der Waals surface area contributed by atoms with Crippen LogP contribution in [0.1, 0.15) is 30.0 Å². The number of carbonyl (C=O) groups is 1. The fourth-order valence-electron chi connectivity index (χ4n) is 3.44. The topological polar surface area (TPSA) is 73.5 Å². The van der Waals surface area contributed by atoms with E-state index in [1.54, 1.807) is 0 Å². The molecule has 1 aromatic carbocycles. The zero-order valence-corrected chi connectivity index (χ0v) is 16.5. The number of nitrogens with one attached hydrogen (secondary N) is 2. The molecule has 2 aromatic rings. The molecule has 2 fully saturated rings. The molecule has 28 heavy (non-hydrogen) atoms. The molecule has 1 aliphatic heterocycles. The molecular formula is C21H29N5O2. The molecule has 4 rings (SSSR count). The Kier molecular flexibility index (Phi) is 5.92. The normalized spacial score (nSPS) is 18.2. The zero-order valence-electron chi connectivity index (χ0n) is 16.5. The first-order valence-electron chi connectivity index (χ1n) is 10.1. The van der Waals surface area contributed by atoms with Crippen molar-refractivity contribution in [3.05, 3.63) is 41.6 Å². The quantitative estimate of drug-likeness (QED) is 0.730. The Morgan fingerprint density at radius 2 is 1.96 bits per heavy atom. The summed E-state index contributed by atoms with van der Waals surface area (Å²) in [4.78, 5) is 17.0. The Morgan fingerprint density at radius 1 is 1.21 bits per heavy atom. The number of aromatic nitrogens is 2. The highest BCUT2D eigenvalue weighted by Crippen LogP contribution is 2.39. The number of ether oxygens (including phenoxy) is 1. The van der Waals surface area contributed by atoms with Crippen LogP contribution in [0.4, 0.5) is 5.82 Å². The highest BCUT2D eigenvalue weighted by Gasteiger charge is 2.25. The molecule has 0 unspecified atom stereocenters. The molecule has 7 heteroatoms. The van der Waals surface area contributed by atoms with Crippen molar-refractivity contribution in [1.29, 1.82) is 0 Å². The van der Waals surface area contributed by atoms with Crippen LogP contribution in [0, 0.1) is 0 Å². The first kappa shape index (κ1) is 19.0. The van der Waals surface area contributed by atoms with E-state index >= 15 is 0 Å². The van der Waals surface area contributed by atoms with Gasteiger partial charge in [-0.15, -0.1) is 0 Å². The van der Waals surface area contributed by atoms with Gasteiger partial charge in [0.15, 0.2) is 5.82 Å². The molecule has 0 radical (unpaired) electrons. The van der Waals surface area contributed by atoms with Crippen LogP contribution in [0.25, 0.3) is 0 Å². The van der Waals surface area contributed by atoms with Gasteiger partial charge >= 0.3 is 0 Å². The van der Waals surface area contributed by atoms with Crippen LogP contribution in [-0.2, 0) is 11.2 Å². The third-order valence-corrected chi connectivity index (χ3v) is 5.44. The van der Waals surface area contributed by atoms with Crippen LogP contribution in [-0.4, -0.2) is 72.3 Å². The fourth-order valence-corrected chi connectivity index (χ4v) is 3.44. The van der Waals surface area contributed by atoms with E-state index < -0.39 is 0 Å². The summed E-state index contributed by atoms with van der Waals surface area (Å²) >= 11 is 0. The predicted molar refractivity (Wildman–Crippen MR) is 109 cm³/mol. The van der Waals surface area contributed by atoms with Gasteiger partial charge in [0.2, 0.25) is 5.91 Å². The summed E-state index contributed by atoms with van der Waals surface area (Å²) in [6, 6.07) is 9.71. The van der Waals surface area contributed by atoms with Gasteiger partial charge in [0, 0.05) is 50.4 Å². The van der Waals surface area contributed by atoms with Gasteiger partial charge in [0.25, 0.3) is 0 Å². The lowest BCUT2D eigenvalue weighted by Gasteiger charge is -2.32. The number of amides is 1. The number of carbonyl (C=O) groups excluding carboxylic acids is 1. The van der Waals surface area contributed by atoms with E-state index in [9.17, 15) is 4.79 Å². The molecule has 1 saturated carbocycles. The number of hydrogen-bond acceptors (Lipinski definition) is 5. The Bertz CT molecular complexity index is 776. The maximum Gasteiger partial charge on any atom is 0.229 e. The van der Waals surface area contributed by atoms with Crippen molar-refractivity contribution in [1.82, 2.24) is 20.0 Å². The number of piperazine rings is 1. The van der Waals surface area contributed by atoms with Crippen LogP contribution in [0.5, 0.6) is 5.75 Å². The number of H-pyrrole nitrogens is 1. The van der Waals surface area contributed by atoms with Crippen molar-refractivity contribution in [2.24, 2.45) is 0 Å². The summed E-state index contributed by atoms with van der Waals surface area (Å²) in [5.41, 5.74) is 2.08. The number of nitrogens with zero attached hydrogens (tertiary/aromatic N) is 3. The lowest BCUT2D eigenvalue weighted by molar-refractivity contribution is -0.115. The van der Waals surface area contributed by atoms with Crippen molar-refractivity contribution in [3.63, 3.8) is 0 Å². The Balaban J connectivity index is 1.18. The summed E-state index contributed by atoms with van der Waals surface area (Å²) in [5.74, 6) is 2.00. The number of aromatic amines is 1. The molecule has 1 aliphatic carbocycles. The third kappa shape index (κ3) is 5.33. The lowest BCUT2D eigenvalue weighted by atomic mass is 10.1. The van der Waals surface area contributed by atoms with E-state index in [0.29, 0.717) is 24.8 Å². The smallest absolute Gasteiger partial charge is 0.229 e.